The molecular formula is C54H54N4O. The van der Waals surface area contributed by atoms with Crippen molar-refractivity contribution in [1.82, 2.24) is 9.55 Å². The van der Waals surface area contributed by atoms with Crippen molar-refractivity contribution < 1.29 is 4.74 Å². The van der Waals surface area contributed by atoms with Crippen LogP contribution in [0.2, 0.25) is 0 Å². The van der Waals surface area contributed by atoms with Crippen molar-refractivity contribution in [2.75, 3.05) is 16.5 Å². The third-order valence-corrected chi connectivity index (χ3v) is 11.8. The van der Waals surface area contributed by atoms with Gasteiger partial charge < -0.3 is 14.5 Å². The summed E-state index contributed by atoms with van der Waals surface area (Å²) in [5.41, 5.74) is 12.9. The molecule has 6 aromatic carbocycles. The van der Waals surface area contributed by atoms with Gasteiger partial charge in [0.2, 0.25) is 0 Å². The monoisotopic (exact) mass is 774 g/mol. The quantitative estimate of drug-likeness (QED) is 0.168. The fourth-order valence-electron chi connectivity index (χ4n) is 8.36. The summed E-state index contributed by atoms with van der Waals surface area (Å²) in [5, 5.41) is 2.36. The van der Waals surface area contributed by atoms with E-state index in [0.29, 0.717) is 6.67 Å². The van der Waals surface area contributed by atoms with Gasteiger partial charge in [-0.05, 0) is 99.2 Å². The molecule has 0 saturated heterocycles. The number of pyridine rings is 1. The number of nitrogens with zero attached hydrogens (tertiary/aromatic N) is 4. The number of aromatic nitrogens is 2. The first-order chi connectivity index (χ1) is 28.1. The Bertz CT molecular complexity index is 2850. The number of rotatable bonds is 6. The van der Waals surface area contributed by atoms with Crippen molar-refractivity contribution >= 4 is 44.6 Å². The molecule has 1 aliphatic rings. The standard InChI is InChI=1S/C54H54N4O/c1-52(2,3)37-23-25-43(36-17-11-10-12-18-36)49(31-37)57-35-56(47-21-15-16-22-48(47)57)40-29-39(54(7,8)9)30-42(33-40)59-41-24-26-45-44-19-13-14-20-46(44)58(50(45)34-41)51-32-38(27-28-55-51)53(4,5)6/h10-34H,35H2,1-9H3. The number of hydrogen-bond acceptors (Lipinski definition) is 4. The Morgan fingerprint density at radius 2 is 1.12 bits per heavy atom. The molecule has 0 N–H and O–H groups in total. The van der Waals surface area contributed by atoms with Crippen LogP contribution in [0.3, 0.4) is 0 Å². The maximum atomic E-state index is 6.94. The highest BCUT2D eigenvalue weighted by molar-refractivity contribution is 6.09. The van der Waals surface area contributed by atoms with Gasteiger partial charge in [0, 0.05) is 40.4 Å². The Kier molecular flexibility index (Phi) is 9.19. The maximum Gasteiger partial charge on any atom is 0.137 e. The van der Waals surface area contributed by atoms with Crippen molar-refractivity contribution in [2.45, 2.75) is 78.6 Å². The molecular weight excluding hydrogens is 721 g/mol. The first kappa shape index (κ1) is 38.2. The molecule has 0 fully saturated rings. The summed E-state index contributed by atoms with van der Waals surface area (Å²) >= 11 is 0. The van der Waals surface area contributed by atoms with Crippen LogP contribution in [0, 0.1) is 0 Å². The Labute approximate surface area is 349 Å². The lowest BCUT2D eigenvalue weighted by Crippen LogP contribution is -2.25. The minimum Gasteiger partial charge on any atom is -0.457 e. The molecule has 0 aliphatic carbocycles. The summed E-state index contributed by atoms with van der Waals surface area (Å²) in [4.78, 5) is 9.82. The van der Waals surface area contributed by atoms with E-state index in [2.05, 4.69) is 222 Å². The normalized spacial score (nSPS) is 13.4. The van der Waals surface area contributed by atoms with E-state index in [1.165, 1.54) is 55.7 Å². The number of fused-ring (bicyclic) bond motifs is 4. The highest BCUT2D eigenvalue weighted by Crippen LogP contribution is 2.49. The van der Waals surface area contributed by atoms with Crippen molar-refractivity contribution in [3.63, 3.8) is 0 Å². The molecule has 0 bridgehead atoms. The van der Waals surface area contributed by atoms with E-state index in [0.717, 1.165) is 34.0 Å². The van der Waals surface area contributed by atoms with Crippen molar-refractivity contribution in [2.24, 2.45) is 0 Å². The van der Waals surface area contributed by atoms with E-state index in [1.54, 1.807) is 0 Å². The lowest BCUT2D eigenvalue weighted by molar-refractivity contribution is 0.479. The van der Waals surface area contributed by atoms with Crippen LogP contribution >= 0.6 is 0 Å². The average molecular weight is 775 g/mol. The SMILES string of the molecule is CC(C)(C)c1cc(Oc2ccc3c4ccccc4n(-c4cc(C(C)(C)C)ccn4)c3c2)cc(N2CN(c3cc(C(C)(C)C)ccc3-c3ccccc3)c3ccccc32)c1. The number of ether oxygens (including phenoxy) is 1. The summed E-state index contributed by atoms with van der Waals surface area (Å²) < 4.78 is 9.22. The Hall–Kier alpha value is -6.33. The fourth-order valence-corrected chi connectivity index (χ4v) is 8.36. The molecule has 0 atom stereocenters. The lowest BCUT2D eigenvalue weighted by Gasteiger charge is -2.28. The molecule has 5 nitrogen and oxygen atoms in total. The molecule has 1 aliphatic heterocycles. The molecule has 0 spiro atoms. The van der Waals surface area contributed by atoms with Crippen LogP contribution in [0.5, 0.6) is 11.5 Å². The topological polar surface area (TPSA) is 33.5 Å². The summed E-state index contributed by atoms with van der Waals surface area (Å²) in [6, 6.07) is 52.7. The van der Waals surface area contributed by atoms with Crippen molar-refractivity contribution in [1.29, 1.82) is 0 Å². The number of anilines is 4. The minimum absolute atomic E-state index is 0.000525. The van der Waals surface area contributed by atoms with Crippen LogP contribution in [-0.4, -0.2) is 16.2 Å². The summed E-state index contributed by atoms with van der Waals surface area (Å²) in [6.07, 6.45) is 1.93. The summed E-state index contributed by atoms with van der Waals surface area (Å²) in [7, 11) is 0. The first-order valence-corrected chi connectivity index (χ1v) is 20.8. The largest absolute Gasteiger partial charge is 0.457 e. The second-order valence-corrected chi connectivity index (χ2v) is 19.1. The van der Waals surface area contributed by atoms with Crippen molar-refractivity contribution in [3.05, 3.63) is 168 Å². The molecule has 8 aromatic rings. The Morgan fingerprint density at radius 3 is 1.85 bits per heavy atom. The van der Waals surface area contributed by atoms with Gasteiger partial charge in [-0.25, -0.2) is 4.98 Å². The van der Waals surface area contributed by atoms with E-state index >= 15 is 0 Å². The van der Waals surface area contributed by atoms with Crippen LogP contribution in [0.1, 0.15) is 79.0 Å². The molecule has 3 heterocycles. The van der Waals surface area contributed by atoms with Crippen LogP contribution in [0.4, 0.5) is 22.7 Å². The summed E-state index contributed by atoms with van der Waals surface area (Å²) in [6.45, 7) is 21.1. The molecule has 0 unspecified atom stereocenters. The van der Waals surface area contributed by atoms with Gasteiger partial charge >= 0.3 is 0 Å². The average Bonchev–Trinajstić information content (AvgIpc) is 3.76. The second-order valence-electron chi connectivity index (χ2n) is 19.1. The zero-order chi connectivity index (χ0) is 41.3. The van der Waals surface area contributed by atoms with Crippen LogP contribution in [-0.2, 0) is 16.2 Å². The number of benzene rings is 6. The van der Waals surface area contributed by atoms with Gasteiger partial charge in [-0.3, -0.25) is 4.57 Å². The van der Waals surface area contributed by atoms with E-state index < -0.39 is 0 Å². The van der Waals surface area contributed by atoms with Crippen LogP contribution in [0.15, 0.2) is 152 Å². The molecule has 0 radical (unpaired) electrons. The Morgan fingerprint density at radius 1 is 0.475 bits per heavy atom. The molecule has 59 heavy (non-hydrogen) atoms. The van der Waals surface area contributed by atoms with E-state index in [4.69, 9.17) is 9.72 Å². The van der Waals surface area contributed by atoms with E-state index in [-0.39, 0.29) is 16.2 Å². The van der Waals surface area contributed by atoms with Crippen molar-refractivity contribution in [3.8, 4) is 28.4 Å². The summed E-state index contributed by atoms with van der Waals surface area (Å²) in [5.74, 6) is 2.48. The molecule has 5 heteroatoms. The van der Waals surface area contributed by atoms with E-state index in [9.17, 15) is 0 Å². The molecule has 0 saturated carbocycles. The van der Waals surface area contributed by atoms with Gasteiger partial charge in [-0.2, -0.15) is 0 Å². The van der Waals surface area contributed by atoms with Gasteiger partial charge in [-0.15, -0.1) is 0 Å². The third-order valence-electron chi connectivity index (χ3n) is 11.8. The van der Waals surface area contributed by atoms with Crippen LogP contribution in [0.25, 0.3) is 38.8 Å². The van der Waals surface area contributed by atoms with Gasteiger partial charge in [0.25, 0.3) is 0 Å². The second kappa shape index (κ2) is 14.2. The van der Waals surface area contributed by atoms with Gasteiger partial charge in [0.15, 0.2) is 0 Å². The van der Waals surface area contributed by atoms with Crippen LogP contribution < -0.4 is 14.5 Å². The smallest absolute Gasteiger partial charge is 0.137 e. The fraction of sp³-hybridized carbons (Fsp3) is 0.241. The minimum atomic E-state index is -0.116. The molecule has 2 aromatic heterocycles. The lowest BCUT2D eigenvalue weighted by atomic mass is 9.85. The van der Waals surface area contributed by atoms with Gasteiger partial charge in [0.05, 0.1) is 28.1 Å². The first-order valence-electron chi connectivity index (χ1n) is 20.8. The molecule has 9 rings (SSSR count). The molecule has 0 amide bonds. The highest BCUT2D eigenvalue weighted by atomic mass is 16.5. The zero-order valence-corrected chi connectivity index (χ0v) is 35.8. The van der Waals surface area contributed by atoms with E-state index in [1.807, 2.05) is 6.20 Å². The number of hydrogen-bond donors (Lipinski definition) is 0. The third kappa shape index (κ3) is 7.13. The predicted molar refractivity (Wildman–Crippen MR) is 249 cm³/mol. The highest BCUT2D eigenvalue weighted by Gasteiger charge is 2.31. The van der Waals surface area contributed by atoms with Gasteiger partial charge in [0.1, 0.15) is 24.0 Å². The maximum absolute atomic E-state index is 6.94. The number of para-hydroxylation sites is 3. The van der Waals surface area contributed by atoms with Gasteiger partial charge in [-0.1, -0.05) is 135 Å². The Balaban J connectivity index is 1.14. The zero-order valence-electron chi connectivity index (χ0n) is 35.8. The molecule has 296 valence electrons. The predicted octanol–water partition coefficient (Wildman–Crippen LogP) is 14.8.